The molecule has 0 aliphatic rings. The van der Waals surface area contributed by atoms with E-state index in [1.165, 1.54) is 11.3 Å². The summed E-state index contributed by atoms with van der Waals surface area (Å²) in [7, 11) is -4.30. The maximum Gasteiger partial charge on any atom is 0.469 e. The van der Waals surface area contributed by atoms with Gasteiger partial charge >= 0.3 is 7.82 Å². The SMILES string of the molecule is O=P(O)(O)OCc1ccsc1. The Balaban J connectivity index is 2.41. The van der Waals surface area contributed by atoms with E-state index in [1.807, 2.05) is 5.38 Å². The van der Waals surface area contributed by atoms with E-state index in [0.29, 0.717) is 0 Å². The third-order valence-electron chi connectivity index (χ3n) is 0.979. The average molecular weight is 194 g/mol. The van der Waals surface area contributed by atoms with Crippen LogP contribution in [-0.4, -0.2) is 9.79 Å². The fourth-order valence-electron chi connectivity index (χ4n) is 0.533. The molecule has 0 bridgehead atoms. The summed E-state index contributed by atoms with van der Waals surface area (Å²) in [5.74, 6) is 0. The van der Waals surface area contributed by atoms with Crippen molar-refractivity contribution in [3.05, 3.63) is 22.4 Å². The van der Waals surface area contributed by atoms with Gasteiger partial charge in [0.25, 0.3) is 0 Å². The zero-order chi connectivity index (χ0) is 8.32. The first-order valence-electron chi connectivity index (χ1n) is 2.79. The number of phosphoric ester groups is 1. The van der Waals surface area contributed by atoms with Gasteiger partial charge in [-0.1, -0.05) is 0 Å². The molecule has 0 radical (unpaired) electrons. The summed E-state index contributed by atoms with van der Waals surface area (Å²) in [6, 6.07) is 1.75. The number of hydrogen-bond acceptors (Lipinski definition) is 3. The van der Waals surface area contributed by atoms with Gasteiger partial charge in [-0.3, -0.25) is 4.52 Å². The van der Waals surface area contributed by atoms with E-state index in [9.17, 15) is 4.57 Å². The van der Waals surface area contributed by atoms with Crippen LogP contribution in [0.4, 0.5) is 0 Å². The molecule has 0 saturated carbocycles. The highest BCUT2D eigenvalue weighted by molar-refractivity contribution is 7.46. The minimum Gasteiger partial charge on any atom is -0.303 e. The first-order valence-corrected chi connectivity index (χ1v) is 5.26. The minimum absolute atomic E-state index is 0.0340. The maximum absolute atomic E-state index is 10.2. The molecule has 1 aromatic rings. The summed E-state index contributed by atoms with van der Waals surface area (Å²) >= 11 is 1.46. The predicted molar refractivity (Wildman–Crippen MR) is 41.2 cm³/mol. The fourth-order valence-corrected chi connectivity index (χ4v) is 1.50. The smallest absolute Gasteiger partial charge is 0.303 e. The van der Waals surface area contributed by atoms with Crippen molar-refractivity contribution in [3.63, 3.8) is 0 Å². The molecular formula is C5H7O4PS. The van der Waals surface area contributed by atoms with E-state index in [0.717, 1.165) is 5.56 Å². The standard InChI is InChI=1S/C5H7O4PS/c6-10(7,8)9-3-5-1-2-11-4-5/h1-2,4H,3H2,(H2,6,7,8). The van der Waals surface area contributed by atoms with Gasteiger partial charge < -0.3 is 9.79 Å². The molecule has 0 fully saturated rings. The van der Waals surface area contributed by atoms with Crippen LogP contribution in [0.15, 0.2) is 16.8 Å². The van der Waals surface area contributed by atoms with Gasteiger partial charge in [0.1, 0.15) is 0 Å². The van der Waals surface area contributed by atoms with E-state index < -0.39 is 7.82 Å². The average Bonchev–Trinajstić information content (AvgIpc) is 2.32. The van der Waals surface area contributed by atoms with Crippen LogP contribution in [0.25, 0.3) is 0 Å². The van der Waals surface area contributed by atoms with Gasteiger partial charge in [0.15, 0.2) is 0 Å². The normalized spacial score (nSPS) is 11.8. The van der Waals surface area contributed by atoms with Gasteiger partial charge in [0, 0.05) is 0 Å². The highest BCUT2D eigenvalue weighted by Crippen LogP contribution is 2.36. The lowest BCUT2D eigenvalue weighted by atomic mass is 10.4. The van der Waals surface area contributed by atoms with Crippen LogP contribution in [0.3, 0.4) is 0 Å². The molecule has 4 nitrogen and oxygen atoms in total. The van der Waals surface area contributed by atoms with Crippen LogP contribution >= 0.6 is 19.2 Å². The Kier molecular flexibility index (Phi) is 2.81. The van der Waals surface area contributed by atoms with Crippen molar-refractivity contribution in [3.8, 4) is 0 Å². The van der Waals surface area contributed by atoms with Gasteiger partial charge in [-0.15, -0.1) is 0 Å². The lowest BCUT2D eigenvalue weighted by Crippen LogP contribution is -1.87. The largest absolute Gasteiger partial charge is 0.469 e. The molecule has 0 atom stereocenters. The highest BCUT2D eigenvalue weighted by Gasteiger charge is 2.13. The van der Waals surface area contributed by atoms with Gasteiger partial charge in [0.2, 0.25) is 0 Å². The first kappa shape index (κ1) is 8.90. The Hall–Kier alpha value is -0.190. The molecule has 11 heavy (non-hydrogen) atoms. The third-order valence-corrected chi connectivity index (χ3v) is 2.18. The van der Waals surface area contributed by atoms with Crippen LogP contribution in [0.1, 0.15) is 5.56 Å². The van der Waals surface area contributed by atoms with Gasteiger partial charge in [-0.25, -0.2) is 4.57 Å². The monoisotopic (exact) mass is 194 g/mol. The third kappa shape index (κ3) is 3.65. The summed E-state index contributed by atoms with van der Waals surface area (Å²) in [6.45, 7) is -0.0340. The number of thiophene rings is 1. The maximum atomic E-state index is 10.2. The number of hydrogen-bond donors (Lipinski definition) is 2. The van der Waals surface area contributed by atoms with E-state index in [1.54, 1.807) is 11.4 Å². The molecule has 1 heterocycles. The summed E-state index contributed by atoms with van der Waals surface area (Å²) in [5, 5.41) is 3.59. The Morgan fingerprint density at radius 2 is 2.36 bits per heavy atom. The Morgan fingerprint density at radius 3 is 2.82 bits per heavy atom. The second-order valence-corrected chi connectivity index (χ2v) is 3.91. The molecule has 0 unspecified atom stereocenters. The summed E-state index contributed by atoms with van der Waals surface area (Å²) in [4.78, 5) is 16.6. The van der Waals surface area contributed by atoms with Gasteiger partial charge in [0.05, 0.1) is 6.61 Å². The lowest BCUT2D eigenvalue weighted by Gasteiger charge is -2.01. The number of rotatable bonds is 3. The van der Waals surface area contributed by atoms with E-state index in [4.69, 9.17) is 9.79 Å². The van der Waals surface area contributed by atoms with Crippen LogP contribution in [0, 0.1) is 0 Å². The minimum atomic E-state index is -4.30. The van der Waals surface area contributed by atoms with Crippen molar-refractivity contribution < 1.29 is 18.9 Å². The molecule has 0 spiro atoms. The topological polar surface area (TPSA) is 66.8 Å². The molecule has 1 aromatic heterocycles. The van der Waals surface area contributed by atoms with Crippen molar-refractivity contribution in [1.82, 2.24) is 0 Å². The van der Waals surface area contributed by atoms with Crippen LogP contribution in [-0.2, 0) is 15.7 Å². The first-order chi connectivity index (χ1) is 5.08. The highest BCUT2D eigenvalue weighted by atomic mass is 32.1. The molecule has 0 aliphatic carbocycles. The fraction of sp³-hybridized carbons (Fsp3) is 0.200. The molecule has 0 aliphatic heterocycles. The van der Waals surface area contributed by atoms with Crippen LogP contribution in [0.2, 0.25) is 0 Å². The molecule has 0 aromatic carbocycles. The Morgan fingerprint density at radius 1 is 1.64 bits per heavy atom. The van der Waals surface area contributed by atoms with Crippen LogP contribution < -0.4 is 0 Å². The summed E-state index contributed by atoms with van der Waals surface area (Å²) in [5.41, 5.74) is 0.776. The second-order valence-electron chi connectivity index (χ2n) is 1.90. The molecule has 0 saturated heterocycles. The molecule has 2 N–H and O–H groups in total. The van der Waals surface area contributed by atoms with Crippen molar-refractivity contribution >= 4 is 19.2 Å². The van der Waals surface area contributed by atoms with E-state index in [2.05, 4.69) is 4.52 Å². The van der Waals surface area contributed by atoms with Gasteiger partial charge in [-0.2, -0.15) is 11.3 Å². The second kappa shape index (κ2) is 3.47. The summed E-state index contributed by atoms with van der Waals surface area (Å²) in [6.07, 6.45) is 0. The van der Waals surface area contributed by atoms with Crippen molar-refractivity contribution in [2.45, 2.75) is 6.61 Å². The van der Waals surface area contributed by atoms with Crippen molar-refractivity contribution in [1.29, 1.82) is 0 Å². The molecule has 6 heteroatoms. The lowest BCUT2D eigenvalue weighted by molar-refractivity contribution is 0.189. The van der Waals surface area contributed by atoms with Crippen LogP contribution in [0.5, 0.6) is 0 Å². The number of phosphoric acid groups is 1. The predicted octanol–water partition coefficient (Wildman–Crippen LogP) is 1.36. The quantitative estimate of drug-likeness (QED) is 0.713. The van der Waals surface area contributed by atoms with E-state index in [-0.39, 0.29) is 6.61 Å². The van der Waals surface area contributed by atoms with Gasteiger partial charge in [-0.05, 0) is 22.4 Å². The Labute approximate surface area is 67.7 Å². The van der Waals surface area contributed by atoms with Crippen molar-refractivity contribution in [2.24, 2.45) is 0 Å². The summed E-state index contributed by atoms with van der Waals surface area (Å²) < 4.78 is 14.4. The zero-order valence-corrected chi connectivity index (χ0v) is 7.22. The van der Waals surface area contributed by atoms with E-state index >= 15 is 0 Å². The molecule has 62 valence electrons. The van der Waals surface area contributed by atoms with Crippen molar-refractivity contribution in [2.75, 3.05) is 0 Å². The molecule has 1 rings (SSSR count). The Bertz CT molecular complexity index is 251. The molecular weight excluding hydrogens is 187 g/mol. The zero-order valence-electron chi connectivity index (χ0n) is 5.51. The molecule has 0 amide bonds.